The van der Waals surface area contributed by atoms with Crippen LogP contribution in [0.4, 0.5) is 4.79 Å². The van der Waals surface area contributed by atoms with E-state index in [9.17, 15) is 4.79 Å². The number of nitrogens with two attached hydrogens (primary N) is 1. The van der Waals surface area contributed by atoms with Gasteiger partial charge in [-0.3, -0.25) is 0 Å². The molecule has 1 amide bonds. The van der Waals surface area contributed by atoms with E-state index in [0.29, 0.717) is 13.0 Å². The molecule has 82 valence electrons. The minimum atomic E-state index is -0.502. The van der Waals surface area contributed by atoms with E-state index in [1.165, 1.54) is 0 Å². The molecule has 0 atom stereocenters. The van der Waals surface area contributed by atoms with Crippen molar-refractivity contribution in [3.05, 3.63) is 12.2 Å². The van der Waals surface area contributed by atoms with Gasteiger partial charge in [0.15, 0.2) is 0 Å². The minimum absolute atomic E-state index is 0.435. The molecule has 0 heterocycles. The first-order valence-electron chi connectivity index (χ1n) is 4.62. The first-order valence-corrected chi connectivity index (χ1v) is 4.62. The molecule has 0 radical (unpaired) electrons. The van der Waals surface area contributed by atoms with Crippen molar-refractivity contribution < 1.29 is 9.53 Å². The van der Waals surface area contributed by atoms with Crippen molar-refractivity contribution >= 4 is 6.09 Å². The standard InChI is InChI=1S/C10H20N2O2/c1-8(2)6-7-12(11)9(13)14-10(3,4)5/h1,6-7,11H2,2-5H3. The van der Waals surface area contributed by atoms with E-state index in [1.807, 2.05) is 6.92 Å². The first-order chi connectivity index (χ1) is 6.22. The molecule has 0 aromatic heterocycles. The number of carbonyl (C=O) groups is 1. The molecule has 4 heteroatoms. The summed E-state index contributed by atoms with van der Waals surface area (Å²) in [7, 11) is 0. The van der Waals surface area contributed by atoms with Crippen molar-refractivity contribution in [2.24, 2.45) is 5.84 Å². The lowest BCUT2D eigenvalue weighted by molar-refractivity contribution is 0.0250. The Kier molecular flexibility index (Phi) is 4.63. The SMILES string of the molecule is C=C(C)CCN(N)C(=O)OC(C)(C)C. The monoisotopic (exact) mass is 200 g/mol. The van der Waals surface area contributed by atoms with Gasteiger partial charge in [-0.15, -0.1) is 6.58 Å². The summed E-state index contributed by atoms with van der Waals surface area (Å²) in [6.07, 6.45) is 0.189. The summed E-state index contributed by atoms with van der Waals surface area (Å²) in [5.41, 5.74) is 0.488. The smallest absolute Gasteiger partial charge is 0.424 e. The van der Waals surface area contributed by atoms with E-state index in [1.54, 1.807) is 20.8 Å². The maximum Gasteiger partial charge on any atom is 0.424 e. The second-order valence-corrected chi connectivity index (χ2v) is 4.38. The fourth-order valence-corrected chi connectivity index (χ4v) is 0.723. The van der Waals surface area contributed by atoms with Gasteiger partial charge in [0, 0.05) is 6.54 Å². The molecule has 0 aliphatic heterocycles. The topological polar surface area (TPSA) is 55.6 Å². The normalized spacial score (nSPS) is 10.9. The van der Waals surface area contributed by atoms with E-state index in [4.69, 9.17) is 10.6 Å². The largest absolute Gasteiger partial charge is 0.443 e. The molecule has 0 spiro atoms. The summed E-state index contributed by atoms with van der Waals surface area (Å²) in [5.74, 6) is 5.49. The van der Waals surface area contributed by atoms with Gasteiger partial charge in [0.05, 0.1) is 0 Å². The van der Waals surface area contributed by atoms with Crippen molar-refractivity contribution in [1.82, 2.24) is 5.01 Å². The van der Waals surface area contributed by atoms with Crippen molar-refractivity contribution in [3.63, 3.8) is 0 Å². The molecular weight excluding hydrogens is 180 g/mol. The van der Waals surface area contributed by atoms with Gasteiger partial charge in [-0.05, 0) is 34.1 Å². The highest BCUT2D eigenvalue weighted by Crippen LogP contribution is 2.08. The van der Waals surface area contributed by atoms with E-state index in [2.05, 4.69) is 6.58 Å². The van der Waals surface area contributed by atoms with Crippen LogP contribution in [0.3, 0.4) is 0 Å². The van der Waals surface area contributed by atoms with Crippen LogP contribution in [0.2, 0.25) is 0 Å². The molecule has 0 aliphatic carbocycles. The highest BCUT2D eigenvalue weighted by atomic mass is 16.6. The molecule has 0 aliphatic rings. The lowest BCUT2D eigenvalue weighted by atomic mass is 10.2. The number of rotatable bonds is 3. The molecule has 2 N–H and O–H groups in total. The molecule has 0 unspecified atom stereocenters. The molecule has 0 aromatic rings. The van der Waals surface area contributed by atoms with Crippen molar-refractivity contribution in [3.8, 4) is 0 Å². The summed E-state index contributed by atoms with van der Waals surface area (Å²) in [6, 6.07) is 0. The average molecular weight is 200 g/mol. The van der Waals surface area contributed by atoms with Gasteiger partial charge in [0.1, 0.15) is 5.60 Å². The van der Waals surface area contributed by atoms with Crippen molar-refractivity contribution in [2.75, 3.05) is 6.54 Å². The van der Waals surface area contributed by atoms with Gasteiger partial charge in [-0.2, -0.15) is 0 Å². The summed E-state index contributed by atoms with van der Waals surface area (Å²) in [6.45, 7) is 11.5. The Morgan fingerprint density at radius 1 is 1.50 bits per heavy atom. The summed E-state index contributed by atoms with van der Waals surface area (Å²) >= 11 is 0. The first kappa shape index (κ1) is 13.0. The quantitative estimate of drug-likeness (QED) is 0.328. The molecule has 4 nitrogen and oxygen atoms in total. The van der Waals surface area contributed by atoms with Crippen LogP contribution in [-0.4, -0.2) is 23.2 Å². The Balaban J connectivity index is 3.94. The van der Waals surface area contributed by atoms with Crippen molar-refractivity contribution in [1.29, 1.82) is 0 Å². The van der Waals surface area contributed by atoms with E-state index >= 15 is 0 Å². The van der Waals surface area contributed by atoms with Crippen LogP contribution in [0, 0.1) is 0 Å². The number of nitrogens with zero attached hydrogens (tertiary/aromatic N) is 1. The molecule has 0 bridgehead atoms. The number of carbonyl (C=O) groups excluding carboxylic acids is 1. The number of ether oxygens (including phenoxy) is 1. The van der Waals surface area contributed by atoms with Crippen LogP contribution in [0.15, 0.2) is 12.2 Å². The lowest BCUT2D eigenvalue weighted by Gasteiger charge is -2.24. The Bertz CT molecular complexity index is 219. The van der Waals surface area contributed by atoms with Crippen LogP contribution in [-0.2, 0) is 4.74 Å². The summed E-state index contributed by atoms with van der Waals surface area (Å²) < 4.78 is 5.06. The zero-order valence-corrected chi connectivity index (χ0v) is 9.46. The fourth-order valence-electron chi connectivity index (χ4n) is 0.723. The predicted octanol–water partition coefficient (Wildman–Crippen LogP) is 2.06. The second kappa shape index (κ2) is 5.00. The van der Waals surface area contributed by atoms with Crippen LogP contribution in [0.25, 0.3) is 0 Å². The van der Waals surface area contributed by atoms with Crippen LogP contribution < -0.4 is 5.84 Å². The molecule has 14 heavy (non-hydrogen) atoms. The summed E-state index contributed by atoms with van der Waals surface area (Å²) in [5, 5.41) is 1.07. The maximum absolute atomic E-state index is 11.3. The molecule has 0 rings (SSSR count). The number of hydrogen-bond donors (Lipinski definition) is 1. The minimum Gasteiger partial charge on any atom is -0.443 e. The Hall–Kier alpha value is -1.03. The van der Waals surface area contributed by atoms with Gasteiger partial charge in [-0.25, -0.2) is 15.6 Å². The molecule has 0 saturated carbocycles. The zero-order chi connectivity index (χ0) is 11.4. The third kappa shape index (κ3) is 6.48. The lowest BCUT2D eigenvalue weighted by Crippen LogP contribution is -2.42. The van der Waals surface area contributed by atoms with Crippen LogP contribution in [0.1, 0.15) is 34.1 Å². The van der Waals surface area contributed by atoms with E-state index in [0.717, 1.165) is 10.6 Å². The molecule has 0 aromatic carbocycles. The number of amides is 1. The predicted molar refractivity (Wildman–Crippen MR) is 56.6 cm³/mol. The zero-order valence-electron chi connectivity index (χ0n) is 9.46. The average Bonchev–Trinajstić information content (AvgIpc) is 1.96. The third-order valence-corrected chi connectivity index (χ3v) is 1.41. The number of hydrogen-bond acceptors (Lipinski definition) is 3. The Morgan fingerprint density at radius 2 is 2.00 bits per heavy atom. The second-order valence-electron chi connectivity index (χ2n) is 4.38. The molecular formula is C10H20N2O2. The third-order valence-electron chi connectivity index (χ3n) is 1.41. The van der Waals surface area contributed by atoms with E-state index in [-0.39, 0.29) is 0 Å². The summed E-state index contributed by atoms with van der Waals surface area (Å²) in [4.78, 5) is 11.3. The molecule has 0 fully saturated rings. The van der Waals surface area contributed by atoms with Gasteiger partial charge >= 0.3 is 6.09 Å². The molecule has 0 saturated heterocycles. The Morgan fingerprint density at radius 3 is 2.36 bits per heavy atom. The van der Waals surface area contributed by atoms with Gasteiger partial charge in [-0.1, -0.05) is 5.57 Å². The van der Waals surface area contributed by atoms with Gasteiger partial charge in [0.25, 0.3) is 0 Å². The highest BCUT2D eigenvalue weighted by molar-refractivity contribution is 5.67. The maximum atomic E-state index is 11.3. The van der Waals surface area contributed by atoms with Crippen LogP contribution in [0.5, 0.6) is 0 Å². The fraction of sp³-hybridized carbons (Fsp3) is 0.700. The van der Waals surface area contributed by atoms with Gasteiger partial charge in [0.2, 0.25) is 0 Å². The highest BCUT2D eigenvalue weighted by Gasteiger charge is 2.19. The Labute approximate surface area is 85.7 Å². The van der Waals surface area contributed by atoms with E-state index < -0.39 is 11.7 Å². The van der Waals surface area contributed by atoms with Crippen LogP contribution >= 0.6 is 0 Å². The van der Waals surface area contributed by atoms with Crippen molar-refractivity contribution in [2.45, 2.75) is 39.7 Å². The van der Waals surface area contributed by atoms with Gasteiger partial charge < -0.3 is 4.74 Å². The number of hydrazine groups is 1.